The SMILES string of the molecule is Cc1nc(-c2cccc(Nc3nccc(NCCCN(C)C)n3)c2)cs1. The first-order valence-electron chi connectivity index (χ1n) is 8.61. The number of benzene rings is 1. The average Bonchev–Trinajstić information content (AvgIpc) is 3.06. The van der Waals surface area contributed by atoms with Gasteiger partial charge in [-0.2, -0.15) is 4.98 Å². The summed E-state index contributed by atoms with van der Waals surface area (Å²) in [4.78, 5) is 15.6. The van der Waals surface area contributed by atoms with Crippen LogP contribution in [0.3, 0.4) is 0 Å². The van der Waals surface area contributed by atoms with E-state index in [1.54, 1.807) is 17.5 Å². The quantitative estimate of drug-likeness (QED) is 0.586. The van der Waals surface area contributed by atoms with Crippen LogP contribution in [0.4, 0.5) is 17.5 Å². The highest BCUT2D eigenvalue weighted by atomic mass is 32.1. The maximum absolute atomic E-state index is 4.54. The molecule has 0 amide bonds. The molecule has 136 valence electrons. The van der Waals surface area contributed by atoms with E-state index in [1.165, 1.54) is 0 Å². The van der Waals surface area contributed by atoms with Crippen molar-refractivity contribution in [2.75, 3.05) is 37.8 Å². The highest BCUT2D eigenvalue weighted by Crippen LogP contribution is 2.25. The van der Waals surface area contributed by atoms with E-state index in [0.717, 1.165) is 47.3 Å². The molecule has 6 nitrogen and oxygen atoms in total. The summed E-state index contributed by atoms with van der Waals surface area (Å²) in [5.41, 5.74) is 3.02. The van der Waals surface area contributed by atoms with Crippen molar-refractivity contribution in [3.8, 4) is 11.3 Å². The summed E-state index contributed by atoms with van der Waals surface area (Å²) < 4.78 is 0. The second-order valence-electron chi connectivity index (χ2n) is 6.31. The van der Waals surface area contributed by atoms with Crippen LogP contribution in [0.2, 0.25) is 0 Å². The van der Waals surface area contributed by atoms with Crippen molar-refractivity contribution in [3.05, 3.63) is 46.9 Å². The minimum absolute atomic E-state index is 0.578. The van der Waals surface area contributed by atoms with Gasteiger partial charge in [-0.3, -0.25) is 0 Å². The molecule has 3 rings (SSSR count). The monoisotopic (exact) mass is 368 g/mol. The Hall–Kier alpha value is -2.51. The van der Waals surface area contributed by atoms with Crippen LogP contribution in [0.25, 0.3) is 11.3 Å². The molecule has 3 aromatic rings. The van der Waals surface area contributed by atoms with E-state index in [-0.39, 0.29) is 0 Å². The molecule has 0 bridgehead atoms. The number of thiazole rings is 1. The predicted octanol–water partition coefficient (Wildman–Crippen LogP) is 4.02. The molecule has 7 heteroatoms. The molecule has 26 heavy (non-hydrogen) atoms. The fourth-order valence-corrected chi connectivity index (χ4v) is 3.13. The van der Waals surface area contributed by atoms with Crippen molar-refractivity contribution in [1.29, 1.82) is 0 Å². The van der Waals surface area contributed by atoms with E-state index in [1.807, 2.05) is 25.1 Å². The van der Waals surface area contributed by atoms with Gasteiger partial charge in [0.15, 0.2) is 0 Å². The van der Waals surface area contributed by atoms with Gasteiger partial charge in [-0.05, 0) is 52.2 Å². The maximum Gasteiger partial charge on any atom is 0.229 e. The first-order chi connectivity index (χ1) is 12.6. The minimum atomic E-state index is 0.578. The Balaban J connectivity index is 1.64. The van der Waals surface area contributed by atoms with Gasteiger partial charge in [0.1, 0.15) is 5.82 Å². The zero-order chi connectivity index (χ0) is 18.4. The van der Waals surface area contributed by atoms with E-state index in [0.29, 0.717) is 5.95 Å². The molecule has 0 saturated heterocycles. The first-order valence-corrected chi connectivity index (χ1v) is 9.49. The zero-order valence-electron chi connectivity index (χ0n) is 15.4. The molecule has 0 spiro atoms. The summed E-state index contributed by atoms with van der Waals surface area (Å²) in [5, 5.41) is 9.75. The van der Waals surface area contributed by atoms with E-state index in [9.17, 15) is 0 Å². The molecule has 2 aromatic heterocycles. The normalized spacial score (nSPS) is 10.9. The summed E-state index contributed by atoms with van der Waals surface area (Å²) in [6.45, 7) is 3.94. The molecule has 0 saturated carbocycles. The van der Waals surface area contributed by atoms with Crippen molar-refractivity contribution in [3.63, 3.8) is 0 Å². The van der Waals surface area contributed by atoms with Gasteiger partial charge in [0.25, 0.3) is 0 Å². The minimum Gasteiger partial charge on any atom is -0.370 e. The fraction of sp³-hybridized carbons (Fsp3) is 0.316. The number of hydrogen-bond acceptors (Lipinski definition) is 7. The molecular weight excluding hydrogens is 344 g/mol. The largest absolute Gasteiger partial charge is 0.370 e. The molecule has 2 N–H and O–H groups in total. The van der Waals surface area contributed by atoms with Gasteiger partial charge >= 0.3 is 0 Å². The smallest absolute Gasteiger partial charge is 0.229 e. The lowest BCUT2D eigenvalue weighted by atomic mass is 10.1. The third-order valence-corrected chi connectivity index (χ3v) is 4.55. The Bertz CT molecular complexity index is 845. The average molecular weight is 369 g/mol. The molecule has 0 aliphatic rings. The zero-order valence-corrected chi connectivity index (χ0v) is 16.2. The van der Waals surface area contributed by atoms with Crippen LogP contribution < -0.4 is 10.6 Å². The van der Waals surface area contributed by atoms with Crippen molar-refractivity contribution in [2.45, 2.75) is 13.3 Å². The predicted molar refractivity (Wildman–Crippen MR) is 109 cm³/mol. The molecule has 0 fully saturated rings. The number of nitrogens with one attached hydrogen (secondary N) is 2. The van der Waals surface area contributed by atoms with Gasteiger partial charge in [-0.1, -0.05) is 12.1 Å². The number of nitrogens with zero attached hydrogens (tertiary/aromatic N) is 4. The molecule has 2 heterocycles. The summed E-state index contributed by atoms with van der Waals surface area (Å²) in [7, 11) is 4.15. The van der Waals surface area contributed by atoms with Crippen LogP contribution in [0.15, 0.2) is 41.9 Å². The maximum atomic E-state index is 4.54. The van der Waals surface area contributed by atoms with Crippen LogP contribution in [0.5, 0.6) is 0 Å². The topological polar surface area (TPSA) is 66.0 Å². The fourth-order valence-electron chi connectivity index (χ4n) is 2.51. The van der Waals surface area contributed by atoms with Gasteiger partial charge in [0.2, 0.25) is 5.95 Å². The highest BCUT2D eigenvalue weighted by molar-refractivity contribution is 7.09. The van der Waals surface area contributed by atoms with Gasteiger partial charge in [0, 0.05) is 29.4 Å². The number of aromatic nitrogens is 3. The lowest BCUT2D eigenvalue weighted by Gasteiger charge is -2.11. The Morgan fingerprint density at radius 2 is 2.04 bits per heavy atom. The van der Waals surface area contributed by atoms with E-state index in [4.69, 9.17) is 0 Å². The van der Waals surface area contributed by atoms with Gasteiger partial charge in [-0.25, -0.2) is 9.97 Å². The standard InChI is InChI=1S/C19H24N6S/c1-14-22-17(13-26-14)15-6-4-7-16(12-15)23-19-21-10-8-18(24-19)20-9-5-11-25(2)3/h4,6-8,10,12-13H,5,9,11H2,1-3H3,(H2,20,21,23,24). The van der Waals surface area contributed by atoms with Crippen LogP contribution in [0, 0.1) is 6.92 Å². The molecular formula is C19H24N6S. The van der Waals surface area contributed by atoms with Gasteiger partial charge in [0.05, 0.1) is 10.7 Å². The summed E-state index contributed by atoms with van der Waals surface area (Å²) >= 11 is 1.65. The van der Waals surface area contributed by atoms with Crippen molar-refractivity contribution < 1.29 is 0 Å². The first kappa shape index (κ1) is 18.3. The molecule has 0 aliphatic carbocycles. The van der Waals surface area contributed by atoms with E-state index >= 15 is 0 Å². The Morgan fingerprint density at radius 3 is 2.81 bits per heavy atom. The van der Waals surface area contributed by atoms with Crippen LogP contribution in [0.1, 0.15) is 11.4 Å². The van der Waals surface area contributed by atoms with Crippen LogP contribution >= 0.6 is 11.3 Å². The summed E-state index contributed by atoms with van der Waals surface area (Å²) in [5.74, 6) is 1.40. The molecule has 0 atom stereocenters. The molecule has 0 aliphatic heterocycles. The number of rotatable bonds is 8. The van der Waals surface area contributed by atoms with Crippen LogP contribution in [-0.4, -0.2) is 47.0 Å². The highest BCUT2D eigenvalue weighted by Gasteiger charge is 2.05. The van der Waals surface area contributed by atoms with Gasteiger partial charge < -0.3 is 15.5 Å². The summed E-state index contributed by atoms with van der Waals surface area (Å²) in [6, 6.07) is 10.0. The third kappa shape index (κ3) is 5.24. The lowest BCUT2D eigenvalue weighted by molar-refractivity contribution is 0.405. The van der Waals surface area contributed by atoms with Crippen LogP contribution in [-0.2, 0) is 0 Å². The molecule has 0 radical (unpaired) electrons. The number of anilines is 3. The van der Waals surface area contributed by atoms with E-state index < -0.39 is 0 Å². The van der Waals surface area contributed by atoms with Crippen molar-refractivity contribution in [2.24, 2.45) is 0 Å². The Morgan fingerprint density at radius 1 is 1.15 bits per heavy atom. The Kier molecular flexibility index (Phi) is 6.14. The second kappa shape index (κ2) is 8.73. The number of aryl methyl sites for hydroxylation is 1. The molecule has 0 unspecified atom stereocenters. The summed E-state index contributed by atoms with van der Waals surface area (Å²) in [6.07, 6.45) is 2.83. The van der Waals surface area contributed by atoms with Crippen molar-refractivity contribution in [1.82, 2.24) is 19.9 Å². The van der Waals surface area contributed by atoms with Crippen molar-refractivity contribution >= 4 is 28.8 Å². The second-order valence-corrected chi connectivity index (χ2v) is 7.37. The number of hydrogen-bond donors (Lipinski definition) is 2. The van der Waals surface area contributed by atoms with E-state index in [2.05, 4.69) is 62.1 Å². The lowest BCUT2D eigenvalue weighted by Crippen LogP contribution is -2.16. The van der Waals surface area contributed by atoms with Gasteiger partial charge in [-0.15, -0.1) is 11.3 Å². The Labute approximate surface area is 158 Å². The molecule has 1 aromatic carbocycles. The third-order valence-electron chi connectivity index (χ3n) is 3.78.